The van der Waals surface area contributed by atoms with Crippen LogP contribution >= 0.6 is 12.4 Å². The Morgan fingerprint density at radius 1 is 1.04 bits per heavy atom. The smallest absolute Gasteiger partial charge is 0.410 e. The molecule has 1 aromatic carbocycles. The molecule has 8 heteroatoms. The van der Waals surface area contributed by atoms with Crippen molar-refractivity contribution in [1.82, 2.24) is 19.5 Å². The third kappa shape index (κ3) is 4.04. The van der Waals surface area contributed by atoms with Crippen LogP contribution in [0.15, 0.2) is 48.7 Å². The number of amides is 1. The van der Waals surface area contributed by atoms with E-state index >= 15 is 0 Å². The molecule has 0 spiro atoms. The van der Waals surface area contributed by atoms with Crippen molar-refractivity contribution in [3.63, 3.8) is 0 Å². The van der Waals surface area contributed by atoms with Gasteiger partial charge in [-0.3, -0.25) is 0 Å². The molecule has 2 aromatic heterocycles. The number of benzene rings is 1. The van der Waals surface area contributed by atoms with Crippen LogP contribution in [0.1, 0.15) is 13.8 Å². The number of aromatic nitrogens is 3. The summed E-state index contributed by atoms with van der Waals surface area (Å²) in [5.41, 5.74) is 2.86. The van der Waals surface area contributed by atoms with E-state index in [0.29, 0.717) is 13.1 Å². The average molecular weight is 402 g/mol. The molecule has 0 bridgehead atoms. The second-order valence-electron chi connectivity index (χ2n) is 6.88. The van der Waals surface area contributed by atoms with Gasteiger partial charge in [0.15, 0.2) is 5.65 Å². The predicted molar refractivity (Wildman–Crippen MR) is 111 cm³/mol. The van der Waals surface area contributed by atoms with Gasteiger partial charge in [0.2, 0.25) is 0 Å². The lowest BCUT2D eigenvalue weighted by Gasteiger charge is -2.35. The zero-order valence-corrected chi connectivity index (χ0v) is 16.8. The summed E-state index contributed by atoms with van der Waals surface area (Å²) in [4.78, 5) is 20.4. The number of rotatable bonds is 3. The first-order valence-corrected chi connectivity index (χ1v) is 9.22. The monoisotopic (exact) mass is 401 g/mol. The normalized spacial score (nSPS) is 14.2. The van der Waals surface area contributed by atoms with Crippen molar-refractivity contribution in [2.45, 2.75) is 20.0 Å². The molecular formula is C20H24ClN5O2. The molecule has 4 rings (SSSR count). The van der Waals surface area contributed by atoms with Gasteiger partial charge in [0.25, 0.3) is 0 Å². The molecular weight excluding hydrogens is 378 g/mol. The number of ether oxygens (including phenoxy) is 1. The van der Waals surface area contributed by atoms with Gasteiger partial charge >= 0.3 is 6.09 Å². The Bertz CT molecular complexity index is 936. The summed E-state index contributed by atoms with van der Waals surface area (Å²) >= 11 is 0. The van der Waals surface area contributed by atoms with E-state index in [1.807, 2.05) is 54.9 Å². The molecule has 0 saturated carbocycles. The number of carbonyl (C=O) groups is 1. The summed E-state index contributed by atoms with van der Waals surface area (Å²) in [6.45, 7) is 6.43. The third-order valence-corrected chi connectivity index (χ3v) is 4.62. The Morgan fingerprint density at radius 2 is 1.75 bits per heavy atom. The first-order chi connectivity index (χ1) is 13.1. The number of imidazole rings is 1. The Labute approximate surface area is 170 Å². The van der Waals surface area contributed by atoms with Crippen molar-refractivity contribution in [3.05, 3.63) is 48.7 Å². The number of hydrogen-bond acceptors (Lipinski definition) is 5. The van der Waals surface area contributed by atoms with E-state index < -0.39 is 0 Å². The Morgan fingerprint density at radius 3 is 2.43 bits per heavy atom. The van der Waals surface area contributed by atoms with Crippen LogP contribution in [0, 0.1) is 0 Å². The summed E-state index contributed by atoms with van der Waals surface area (Å²) in [7, 11) is 0. The largest absolute Gasteiger partial charge is 0.447 e. The SMILES string of the molecule is CC(C)OC(=O)N1CCN(c2ccc3ncc(-c4ccccc4)n3n2)CC1.Cl. The number of hydrogen-bond donors (Lipinski definition) is 0. The van der Waals surface area contributed by atoms with Gasteiger partial charge in [0.1, 0.15) is 5.82 Å². The molecule has 3 aromatic rings. The van der Waals surface area contributed by atoms with Crippen LogP contribution in [0.25, 0.3) is 16.9 Å². The van der Waals surface area contributed by atoms with Crippen LogP contribution in [0.4, 0.5) is 10.6 Å². The van der Waals surface area contributed by atoms with Gasteiger partial charge in [0.05, 0.1) is 18.0 Å². The molecule has 0 radical (unpaired) electrons. The number of carbonyl (C=O) groups excluding carboxylic acids is 1. The van der Waals surface area contributed by atoms with Crippen LogP contribution in [0.2, 0.25) is 0 Å². The van der Waals surface area contributed by atoms with E-state index in [0.717, 1.165) is 35.8 Å². The molecule has 28 heavy (non-hydrogen) atoms. The summed E-state index contributed by atoms with van der Waals surface area (Å²) in [6.07, 6.45) is 1.51. The van der Waals surface area contributed by atoms with Gasteiger partial charge in [-0.2, -0.15) is 0 Å². The van der Waals surface area contributed by atoms with Crippen LogP contribution < -0.4 is 4.90 Å². The zero-order valence-electron chi connectivity index (χ0n) is 16.0. The molecule has 3 heterocycles. The second kappa shape index (κ2) is 8.48. The maximum absolute atomic E-state index is 12.1. The lowest BCUT2D eigenvalue weighted by molar-refractivity contribution is 0.0751. The fraction of sp³-hybridized carbons (Fsp3) is 0.350. The van der Waals surface area contributed by atoms with Crippen molar-refractivity contribution in [1.29, 1.82) is 0 Å². The Kier molecular flexibility index (Phi) is 6.04. The summed E-state index contributed by atoms with van der Waals surface area (Å²) in [5.74, 6) is 0.884. The lowest BCUT2D eigenvalue weighted by Crippen LogP contribution is -2.49. The lowest BCUT2D eigenvalue weighted by atomic mass is 10.2. The van der Waals surface area contributed by atoms with E-state index in [9.17, 15) is 4.79 Å². The van der Waals surface area contributed by atoms with Crippen molar-refractivity contribution < 1.29 is 9.53 Å². The first kappa shape index (κ1) is 19.9. The molecule has 0 N–H and O–H groups in total. The summed E-state index contributed by atoms with van der Waals surface area (Å²) in [6, 6.07) is 14.1. The highest BCUT2D eigenvalue weighted by atomic mass is 35.5. The number of fused-ring (bicyclic) bond motifs is 1. The van der Waals surface area contributed by atoms with Crippen LogP contribution in [-0.2, 0) is 4.74 Å². The van der Waals surface area contributed by atoms with Crippen LogP contribution in [0.5, 0.6) is 0 Å². The van der Waals surface area contributed by atoms with Gasteiger partial charge in [-0.1, -0.05) is 30.3 Å². The summed E-state index contributed by atoms with van der Waals surface area (Å²) in [5, 5.41) is 4.80. The van der Waals surface area contributed by atoms with Gasteiger partial charge in [0, 0.05) is 31.7 Å². The minimum atomic E-state index is -0.242. The number of nitrogens with zero attached hydrogens (tertiary/aromatic N) is 5. The van der Waals surface area contributed by atoms with Gasteiger partial charge in [-0.05, 0) is 26.0 Å². The molecule has 1 saturated heterocycles. The van der Waals surface area contributed by atoms with E-state index in [-0.39, 0.29) is 24.6 Å². The molecule has 7 nitrogen and oxygen atoms in total. The molecule has 0 aliphatic carbocycles. The van der Waals surface area contributed by atoms with Crippen molar-refractivity contribution >= 4 is 30.0 Å². The highest BCUT2D eigenvalue weighted by Gasteiger charge is 2.24. The average Bonchev–Trinajstić information content (AvgIpc) is 3.11. The topological polar surface area (TPSA) is 63.0 Å². The van der Waals surface area contributed by atoms with Crippen molar-refractivity contribution in [2.24, 2.45) is 0 Å². The van der Waals surface area contributed by atoms with E-state index in [4.69, 9.17) is 9.84 Å². The molecule has 1 fully saturated rings. The van der Waals surface area contributed by atoms with Gasteiger partial charge in [-0.15, -0.1) is 17.5 Å². The Hall–Kier alpha value is -2.80. The molecule has 0 unspecified atom stereocenters. The van der Waals surface area contributed by atoms with E-state index in [1.165, 1.54) is 0 Å². The standard InChI is InChI=1S/C20H23N5O2.ClH/c1-15(2)27-20(26)24-12-10-23(11-13-24)19-9-8-18-21-14-17(25(18)22-19)16-6-4-3-5-7-16;/h3-9,14-15H,10-13H2,1-2H3;1H. The van der Waals surface area contributed by atoms with Crippen molar-refractivity contribution in [2.75, 3.05) is 31.1 Å². The molecule has 0 atom stereocenters. The fourth-order valence-electron chi connectivity index (χ4n) is 3.23. The quantitative estimate of drug-likeness (QED) is 0.672. The third-order valence-electron chi connectivity index (χ3n) is 4.62. The highest BCUT2D eigenvalue weighted by Crippen LogP contribution is 2.22. The highest BCUT2D eigenvalue weighted by molar-refractivity contribution is 5.85. The number of halogens is 1. The minimum absolute atomic E-state index is 0. The summed E-state index contributed by atoms with van der Waals surface area (Å²) < 4.78 is 7.16. The van der Waals surface area contributed by atoms with E-state index in [2.05, 4.69) is 22.0 Å². The zero-order chi connectivity index (χ0) is 18.8. The van der Waals surface area contributed by atoms with Crippen LogP contribution in [0.3, 0.4) is 0 Å². The van der Waals surface area contributed by atoms with Crippen LogP contribution in [-0.4, -0.2) is 57.9 Å². The fourth-order valence-corrected chi connectivity index (χ4v) is 3.23. The van der Waals surface area contributed by atoms with Gasteiger partial charge in [-0.25, -0.2) is 14.3 Å². The number of piperazine rings is 1. The molecule has 148 valence electrons. The second-order valence-corrected chi connectivity index (χ2v) is 6.88. The van der Waals surface area contributed by atoms with E-state index in [1.54, 1.807) is 4.90 Å². The minimum Gasteiger partial charge on any atom is -0.447 e. The Balaban J connectivity index is 0.00000225. The molecule has 1 amide bonds. The number of anilines is 1. The van der Waals surface area contributed by atoms with Crippen molar-refractivity contribution in [3.8, 4) is 11.3 Å². The first-order valence-electron chi connectivity index (χ1n) is 9.22. The van der Waals surface area contributed by atoms with Gasteiger partial charge < -0.3 is 14.5 Å². The maximum atomic E-state index is 12.1. The maximum Gasteiger partial charge on any atom is 0.410 e. The molecule has 1 aliphatic rings. The predicted octanol–water partition coefficient (Wildman–Crippen LogP) is 3.49. The molecule has 1 aliphatic heterocycles.